The zero-order valence-corrected chi connectivity index (χ0v) is 12.6. The SMILES string of the molecule is CCCNCCS(=O)(=O)NCc1ccc(CC)cc1. The molecule has 4 nitrogen and oxygen atoms in total. The minimum atomic E-state index is -3.19. The maximum atomic E-state index is 11.7. The summed E-state index contributed by atoms with van der Waals surface area (Å²) in [6.07, 6.45) is 2.01. The average Bonchev–Trinajstić information content (AvgIpc) is 2.42. The quantitative estimate of drug-likeness (QED) is 0.678. The molecule has 0 spiro atoms. The normalized spacial score (nSPS) is 11.7. The fraction of sp³-hybridized carbons (Fsp3) is 0.571. The van der Waals surface area contributed by atoms with Gasteiger partial charge in [-0.05, 0) is 30.5 Å². The topological polar surface area (TPSA) is 58.2 Å². The molecule has 0 unspecified atom stereocenters. The molecule has 0 fully saturated rings. The van der Waals surface area contributed by atoms with Gasteiger partial charge >= 0.3 is 0 Å². The van der Waals surface area contributed by atoms with Gasteiger partial charge in [0.05, 0.1) is 5.75 Å². The zero-order valence-electron chi connectivity index (χ0n) is 11.8. The third kappa shape index (κ3) is 6.71. The van der Waals surface area contributed by atoms with Gasteiger partial charge in [0.1, 0.15) is 0 Å². The Morgan fingerprint density at radius 3 is 2.21 bits per heavy atom. The Hall–Kier alpha value is -0.910. The molecule has 1 aromatic carbocycles. The number of hydrogen-bond donors (Lipinski definition) is 2. The Morgan fingerprint density at radius 1 is 1.00 bits per heavy atom. The number of rotatable bonds is 9. The highest BCUT2D eigenvalue weighted by atomic mass is 32.2. The van der Waals surface area contributed by atoms with Gasteiger partial charge in [-0.25, -0.2) is 13.1 Å². The second-order valence-corrected chi connectivity index (χ2v) is 6.49. The summed E-state index contributed by atoms with van der Waals surface area (Å²) in [5, 5.41) is 3.09. The Balaban J connectivity index is 2.37. The van der Waals surface area contributed by atoms with E-state index in [0.717, 1.165) is 24.9 Å². The van der Waals surface area contributed by atoms with Gasteiger partial charge < -0.3 is 5.32 Å². The molecule has 0 aliphatic carbocycles. The molecule has 0 aromatic heterocycles. The minimum Gasteiger partial charge on any atom is -0.316 e. The van der Waals surface area contributed by atoms with Crippen LogP contribution >= 0.6 is 0 Å². The van der Waals surface area contributed by atoms with Crippen molar-refractivity contribution in [2.75, 3.05) is 18.8 Å². The first-order valence-corrected chi connectivity index (χ1v) is 8.48. The van der Waals surface area contributed by atoms with Crippen molar-refractivity contribution in [1.82, 2.24) is 10.0 Å². The van der Waals surface area contributed by atoms with Crippen molar-refractivity contribution >= 4 is 10.0 Å². The van der Waals surface area contributed by atoms with E-state index in [-0.39, 0.29) is 5.75 Å². The predicted molar refractivity (Wildman–Crippen MR) is 79.6 cm³/mol. The molecule has 5 heteroatoms. The number of aryl methyl sites for hydroxylation is 1. The van der Waals surface area contributed by atoms with Gasteiger partial charge in [0, 0.05) is 13.1 Å². The lowest BCUT2D eigenvalue weighted by atomic mass is 10.1. The summed E-state index contributed by atoms with van der Waals surface area (Å²) in [4.78, 5) is 0. The van der Waals surface area contributed by atoms with Gasteiger partial charge in [-0.2, -0.15) is 0 Å². The van der Waals surface area contributed by atoms with Crippen molar-refractivity contribution in [3.63, 3.8) is 0 Å². The van der Waals surface area contributed by atoms with Crippen LogP contribution in [0.4, 0.5) is 0 Å². The van der Waals surface area contributed by atoms with Crippen LogP contribution in [0.15, 0.2) is 24.3 Å². The van der Waals surface area contributed by atoms with Gasteiger partial charge in [0.25, 0.3) is 0 Å². The van der Waals surface area contributed by atoms with Gasteiger partial charge in [-0.3, -0.25) is 0 Å². The van der Waals surface area contributed by atoms with Gasteiger partial charge in [0.2, 0.25) is 10.0 Å². The summed E-state index contributed by atoms with van der Waals surface area (Å²) in [7, 11) is -3.19. The third-order valence-corrected chi connectivity index (χ3v) is 4.23. The number of hydrogen-bond acceptors (Lipinski definition) is 3. The smallest absolute Gasteiger partial charge is 0.213 e. The van der Waals surface area contributed by atoms with Crippen molar-refractivity contribution in [2.45, 2.75) is 33.2 Å². The van der Waals surface area contributed by atoms with Crippen molar-refractivity contribution < 1.29 is 8.42 Å². The van der Waals surface area contributed by atoms with Crippen LogP contribution in [0.2, 0.25) is 0 Å². The predicted octanol–water partition coefficient (Wildman–Crippen LogP) is 1.67. The molecule has 1 aromatic rings. The van der Waals surface area contributed by atoms with E-state index in [1.165, 1.54) is 5.56 Å². The molecule has 1 rings (SSSR count). The maximum absolute atomic E-state index is 11.7. The lowest BCUT2D eigenvalue weighted by Crippen LogP contribution is -2.31. The van der Waals surface area contributed by atoms with E-state index in [1.807, 2.05) is 24.3 Å². The van der Waals surface area contributed by atoms with Crippen molar-refractivity contribution in [3.05, 3.63) is 35.4 Å². The van der Waals surface area contributed by atoms with Crippen LogP contribution in [-0.4, -0.2) is 27.3 Å². The monoisotopic (exact) mass is 284 g/mol. The number of sulfonamides is 1. The molecule has 2 N–H and O–H groups in total. The molecule has 19 heavy (non-hydrogen) atoms. The summed E-state index contributed by atoms with van der Waals surface area (Å²) < 4.78 is 26.1. The van der Waals surface area contributed by atoms with Gasteiger partial charge in [-0.1, -0.05) is 38.1 Å². The van der Waals surface area contributed by atoms with E-state index >= 15 is 0 Å². The fourth-order valence-corrected chi connectivity index (χ4v) is 2.61. The van der Waals surface area contributed by atoms with E-state index in [2.05, 4.69) is 23.9 Å². The molecule has 0 atom stereocenters. The summed E-state index contributed by atoms with van der Waals surface area (Å²) in [6, 6.07) is 8.01. The van der Waals surface area contributed by atoms with Crippen LogP contribution in [0.25, 0.3) is 0 Å². The Bertz CT molecular complexity index is 455. The molecule has 0 saturated heterocycles. The van der Waals surface area contributed by atoms with Crippen LogP contribution in [0.3, 0.4) is 0 Å². The van der Waals surface area contributed by atoms with Crippen LogP contribution in [0.1, 0.15) is 31.4 Å². The van der Waals surface area contributed by atoms with E-state index in [1.54, 1.807) is 0 Å². The molecule has 0 aliphatic heterocycles. The van der Waals surface area contributed by atoms with Crippen molar-refractivity contribution in [3.8, 4) is 0 Å². The largest absolute Gasteiger partial charge is 0.316 e. The van der Waals surface area contributed by atoms with Crippen LogP contribution < -0.4 is 10.0 Å². The molecule has 108 valence electrons. The number of benzene rings is 1. The van der Waals surface area contributed by atoms with Crippen LogP contribution in [0, 0.1) is 0 Å². The molecule has 0 aliphatic rings. The summed E-state index contributed by atoms with van der Waals surface area (Å²) >= 11 is 0. The third-order valence-electron chi connectivity index (χ3n) is 2.90. The van der Waals surface area contributed by atoms with Crippen LogP contribution in [-0.2, 0) is 23.0 Å². The van der Waals surface area contributed by atoms with E-state index in [4.69, 9.17) is 0 Å². The molecular formula is C14H24N2O2S. The number of nitrogens with one attached hydrogen (secondary N) is 2. The zero-order chi connectivity index (χ0) is 14.1. The Labute approximate surface area is 116 Å². The second-order valence-electron chi connectivity index (χ2n) is 4.56. The van der Waals surface area contributed by atoms with Crippen molar-refractivity contribution in [1.29, 1.82) is 0 Å². The summed E-state index contributed by atoms with van der Waals surface area (Å²) in [5.74, 6) is 0.125. The fourth-order valence-electron chi connectivity index (χ4n) is 1.67. The lowest BCUT2D eigenvalue weighted by molar-refractivity contribution is 0.576. The highest BCUT2D eigenvalue weighted by Crippen LogP contribution is 2.05. The molecule has 0 radical (unpaired) electrons. The van der Waals surface area contributed by atoms with Crippen molar-refractivity contribution in [2.24, 2.45) is 0 Å². The van der Waals surface area contributed by atoms with E-state index in [0.29, 0.717) is 13.1 Å². The molecule has 0 amide bonds. The first-order valence-electron chi connectivity index (χ1n) is 6.83. The highest BCUT2D eigenvalue weighted by molar-refractivity contribution is 7.89. The average molecular weight is 284 g/mol. The van der Waals surface area contributed by atoms with E-state index < -0.39 is 10.0 Å². The maximum Gasteiger partial charge on any atom is 0.213 e. The first kappa shape index (κ1) is 16.1. The van der Waals surface area contributed by atoms with Crippen LogP contribution in [0.5, 0.6) is 0 Å². The Kier molecular flexibility index (Phi) is 7.05. The van der Waals surface area contributed by atoms with E-state index in [9.17, 15) is 8.42 Å². The molecule has 0 saturated carbocycles. The second kappa shape index (κ2) is 8.30. The Morgan fingerprint density at radius 2 is 1.63 bits per heavy atom. The highest BCUT2D eigenvalue weighted by Gasteiger charge is 2.08. The van der Waals surface area contributed by atoms with Gasteiger partial charge in [-0.15, -0.1) is 0 Å². The standard InChI is InChI=1S/C14H24N2O2S/c1-3-9-15-10-11-19(17,18)16-12-14-7-5-13(4-2)6-8-14/h5-8,15-16H,3-4,9-12H2,1-2H3. The minimum absolute atomic E-state index is 0.125. The molecular weight excluding hydrogens is 260 g/mol. The first-order chi connectivity index (χ1) is 9.07. The van der Waals surface area contributed by atoms with Gasteiger partial charge in [0.15, 0.2) is 0 Å². The summed E-state index contributed by atoms with van der Waals surface area (Å²) in [6.45, 7) is 5.87. The summed E-state index contributed by atoms with van der Waals surface area (Å²) in [5.41, 5.74) is 2.25. The lowest BCUT2D eigenvalue weighted by Gasteiger charge is -2.08. The molecule has 0 bridgehead atoms. The molecule has 0 heterocycles.